The lowest BCUT2D eigenvalue weighted by molar-refractivity contribution is -0.116. The highest BCUT2D eigenvalue weighted by Gasteiger charge is 2.18. The van der Waals surface area contributed by atoms with E-state index in [2.05, 4.69) is 10.3 Å². The standard InChI is InChI=1S/C22H22FN3O4/c1-14-19(10-11-27)22(29)26(21(24-14)15-4-3-5-16(23)12-15)13-20(28)25-17-6-8-18(30-2)9-7-17/h3-9,12,27H,10-11,13H2,1-2H3,(H,25,28). The molecule has 0 atom stereocenters. The molecule has 2 N–H and O–H groups in total. The lowest BCUT2D eigenvalue weighted by Crippen LogP contribution is -2.33. The summed E-state index contributed by atoms with van der Waals surface area (Å²) in [5.74, 6) is -0.0915. The van der Waals surface area contributed by atoms with Crippen LogP contribution < -0.4 is 15.6 Å². The number of carbonyl (C=O) groups excluding carboxylic acids is 1. The Balaban J connectivity index is 1.99. The number of carbonyl (C=O) groups is 1. The molecule has 8 heteroatoms. The summed E-state index contributed by atoms with van der Waals surface area (Å²) in [4.78, 5) is 30.1. The van der Waals surface area contributed by atoms with Crippen LogP contribution in [-0.4, -0.2) is 34.3 Å². The molecule has 3 rings (SSSR count). The lowest BCUT2D eigenvalue weighted by atomic mass is 10.1. The monoisotopic (exact) mass is 411 g/mol. The predicted octanol–water partition coefficient (Wildman–Crippen LogP) is 2.54. The quantitative estimate of drug-likeness (QED) is 0.623. The third-order valence-corrected chi connectivity index (χ3v) is 4.59. The van der Waals surface area contributed by atoms with Gasteiger partial charge in [-0.25, -0.2) is 9.37 Å². The summed E-state index contributed by atoms with van der Waals surface area (Å²) < 4.78 is 20.0. The van der Waals surface area contributed by atoms with Gasteiger partial charge in [0.15, 0.2) is 0 Å². The molecule has 0 radical (unpaired) electrons. The first kappa shape index (κ1) is 21.2. The van der Waals surface area contributed by atoms with Crippen LogP contribution in [0.25, 0.3) is 11.4 Å². The largest absolute Gasteiger partial charge is 0.497 e. The van der Waals surface area contributed by atoms with Crippen LogP contribution in [0.4, 0.5) is 10.1 Å². The lowest BCUT2D eigenvalue weighted by Gasteiger charge is -2.16. The van der Waals surface area contributed by atoms with E-state index < -0.39 is 17.3 Å². The zero-order valence-electron chi connectivity index (χ0n) is 16.7. The highest BCUT2D eigenvalue weighted by atomic mass is 19.1. The second kappa shape index (κ2) is 9.32. The number of aromatic nitrogens is 2. The predicted molar refractivity (Wildman–Crippen MR) is 111 cm³/mol. The van der Waals surface area contributed by atoms with Crippen molar-refractivity contribution in [1.82, 2.24) is 9.55 Å². The first-order chi connectivity index (χ1) is 14.4. The molecule has 1 heterocycles. The highest BCUT2D eigenvalue weighted by Crippen LogP contribution is 2.19. The Hall–Kier alpha value is -3.52. The number of ether oxygens (including phenoxy) is 1. The van der Waals surface area contributed by atoms with Crippen LogP contribution in [0.15, 0.2) is 53.3 Å². The molecule has 7 nitrogen and oxygen atoms in total. The molecule has 0 spiro atoms. The summed E-state index contributed by atoms with van der Waals surface area (Å²) >= 11 is 0. The first-order valence-corrected chi connectivity index (χ1v) is 9.34. The average molecular weight is 411 g/mol. The van der Waals surface area contributed by atoms with Gasteiger partial charge in [-0.15, -0.1) is 0 Å². The van der Waals surface area contributed by atoms with Gasteiger partial charge in [-0.1, -0.05) is 12.1 Å². The number of nitrogens with zero attached hydrogens (tertiary/aromatic N) is 2. The van der Waals surface area contributed by atoms with E-state index in [9.17, 15) is 19.1 Å². The van der Waals surface area contributed by atoms with Crippen LogP contribution in [0.5, 0.6) is 5.75 Å². The zero-order valence-corrected chi connectivity index (χ0v) is 16.7. The van der Waals surface area contributed by atoms with E-state index in [1.807, 2.05) is 0 Å². The molecule has 0 bridgehead atoms. The number of halogens is 1. The summed E-state index contributed by atoms with van der Waals surface area (Å²) in [5, 5.41) is 12.0. The molecule has 2 aromatic carbocycles. The number of hydrogen-bond acceptors (Lipinski definition) is 5. The summed E-state index contributed by atoms with van der Waals surface area (Å²) in [5.41, 5.74) is 1.22. The van der Waals surface area contributed by atoms with Gasteiger partial charge in [0.25, 0.3) is 5.56 Å². The van der Waals surface area contributed by atoms with Crippen LogP contribution in [0.3, 0.4) is 0 Å². The molecule has 0 saturated carbocycles. The molecule has 1 aromatic heterocycles. The van der Waals surface area contributed by atoms with Gasteiger partial charge in [-0.05, 0) is 43.3 Å². The number of hydrogen-bond donors (Lipinski definition) is 2. The van der Waals surface area contributed by atoms with Crippen molar-refractivity contribution < 1.29 is 19.0 Å². The molecule has 0 unspecified atom stereocenters. The summed E-state index contributed by atoms with van der Waals surface area (Å²) in [7, 11) is 1.54. The zero-order chi connectivity index (χ0) is 21.7. The fraction of sp³-hybridized carbons (Fsp3) is 0.227. The van der Waals surface area contributed by atoms with Crippen LogP contribution >= 0.6 is 0 Å². The van der Waals surface area contributed by atoms with Crippen molar-refractivity contribution in [3.8, 4) is 17.1 Å². The SMILES string of the molecule is COc1ccc(NC(=O)Cn2c(-c3cccc(F)c3)nc(C)c(CCO)c2=O)cc1. The summed E-state index contributed by atoms with van der Waals surface area (Å²) in [6.07, 6.45) is 0.112. The molecule has 30 heavy (non-hydrogen) atoms. The number of methoxy groups -OCH3 is 1. The minimum absolute atomic E-state index is 0.112. The topological polar surface area (TPSA) is 93.4 Å². The molecule has 0 fully saturated rings. The van der Waals surface area contributed by atoms with E-state index in [0.717, 1.165) is 0 Å². The maximum absolute atomic E-state index is 13.8. The van der Waals surface area contributed by atoms with Crippen molar-refractivity contribution >= 4 is 11.6 Å². The fourth-order valence-electron chi connectivity index (χ4n) is 3.11. The molecule has 3 aromatic rings. The van der Waals surface area contributed by atoms with E-state index in [-0.39, 0.29) is 25.4 Å². The van der Waals surface area contributed by atoms with Gasteiger partial charge < -0.3 is 15.2 Å². The van der Waals surface area contributed by atoms with Crippen molar-refractivity contribution in [1.29, 1.82) is 0 Å². The summed E-state index contributed by atoms with van der Waals surface area (Å²) in [6.45, 7) is 1.11. The first-order valence-electron chi connectivity index (χ1n) is 9.34. The maximum atomic E-state index is 13.8. The second-order valence-electron chi connectivity index (χ2n) is 6.65. The number of aliphatic hydroxyl groups is 1. The van der Waals surface area contributed by atoms with Gasteiger partial charge in [0.05, 0.1) is 7.11 Å². The Morgan fingerprint density at radius 1 is 1.23 bits per heavy atom. The number of nitrogens with one attached hydrogen (secondary N) is 1. The van der Waals surface area contributed by atoms with E-state index in [1.165, 1.54) is 22.8 Å². The van der Waals surface area contributed by atoms with Gasteiger partial charge in [0.1, 0.15) is 23.9 Å². The smallest absolute Gasteiger partial charge is 0.257 e. The van der Waals surface area contributed by atoms with E-state index in [4.69, 9.17) is 4.74 Å². The fourth-order valence-corrected chi connectivity index (χ4v) is 3.11. The van der Waals surface area contributed by atoms with Crippen molar-refractivity contribution in [2.75, 3.05) is 19.0 Å². The maximum Gasteiger partial charge on any atom is 0.257 e. The number of amides is 1. The van der Waals surface area contributed by atoms with Crippen molar-refractivity contribution in [3.63, 3.8) is 0 Å². The minimum atomic E-state index is -0.479. The van der Waals surface area contributed by atoms with Crippen LogP contribution in [0.2, 0.25) is 0 Å². The average Bonchev–Trinajstić information content (AvgIpc) is 2.73. The Labute approximate surface area is 172 Å². The number of aryl methyl sites for hydroxylation is 1. The number of benzene rings is 2. The Bertz CT molecular complexity index is 1110. The van der Waals surface area contributed by atoms with Crippen LogP contribution in [-0.2, 0) is 17.8 Å². The molecule has 156 valence electrons. The van der Waals surface area contributed by atoms with E-state index in [1.54, 1.807) is 44.4 Å². The molecule has 0 aliphatic rings. The van der Waals surface area contributed by atoms with E-state index >= 15 is 0 Å². The van der Waals surface area contributed by atoms with Crippen LogP contribution in [0.1, 0.15) is 11.3 Å². The van der Waals surface area contributed by atoms with Crippen molar-refractivity contribution in [2.24, 2.45) is 0 Å². The number of aliphatic hydroxyl groups excluding tert-OH is 1. The molecular formula is C22H22FN3O4. The highest BCUT2D eigenvalue weighted by molar-refractivity contribution is 5.90. The molecule has 0 aliphatic heterocycles. The molecule has 1 amide bonds. The van der Waals surface area contributed by atoms with Gasteiger partial charge in [-0.3, -0.25) is 14.2 Å². The van der Waals surface area contributed by atoms with Crippen molar-refractivity contribution in [2.45, 2.75) is 19.9 Å². The van der Waals surface area contributed by atoms with Crippen LogP contribution in [0, 0.1) is 12.7 Å². The van der Waals surface area contributed by atoms with E-state index in [0.29, 0.717) is 28.3 Å². The van der Waals surface area contributed by atoms with Gasteiger partial charge in [-0.2, -0.15) is 0 Å². The van der Waals surface area contributed by atoms with Gasteiger partial charge in [0.2, 0.25) is 5.91 Å². The van der Waals surface area contributed by atoms with Gasteiger partial charge in [0, 0.05) is 35.5 Å². The van der Waals surface area contributed by atoms with Crippen molar-refractivity contribution in [3.05, 3.63) is 76.0 Å². The Kier molecular flexibility index (Phi) is 6.58. The third kappa shape index (κ3) is 4.72. The Morgan fingerprint density at radius 3 is 2.60 bits per heavy atom. The third-order valence-electron chi connectivity index (χ3n) is 4.59. The number of anilines is 1. The molecule has 0 saturated heterocycles. The molecule has 0 aliphatic carbocycles. The second-order valence-corrected chi connectivity index (χ2v) is 6.65. The molecular weight excluding hydrogens is 389 g/mol. The number of rotatable bonds is 7. The normalized spacial score (nSPS) is 10.7. The summed E-state index contributed by atoms with van der Waals surface area (Å²) in [6, 6.07) is 12.4. The van der Waals surface area contributed by atoms with Gasteiger partial charge >= 0.3 is 0 Å². The minimum Gasteiger partial charge on any atom is -0.497 e. The Morgan fingerprint density at radius 2 is 1.97 bits per heavy atom.